The van der Waals surface area contributed by atoms with Gasteiger partial charge in [0.1, 0.15) is 18.3 Å². The molecule has 8 nitrogen and oxygen atoms in total. The van der Waals surface area contributed by atoms with Crippen LogP contribution in [0.4, 0.5) is 5.69 Å². The minimum absolute atomic E-state index is 0.0694. The van der Waals surface area contributed by atoms with E-state index in [4.69, 9.17) is 4.74 Å². The molecule has 0 fully saturated rings. The maximum absolute atomic E-state index is 14.7. The second kappa shape index (κ2) is 16.3. The van der Waals surface area contributed by atoms with E-state index < -0.39 is 28.5 Å². The number of carbonyl (C=O) groups is 2. The largest absolute Gasteiger partial charge is 0.497 e. The Balaban J connectivity index is 1.82. The summed E-state index contributed by atoms with van der Waals surface area (Å²) in [5, 5.41) is 3.02. The Labute approximate surface area is 279 Å². The molecule has 0 aliphatic rings. The van der Waals surface area contributed by atoms with Crippen molar-refractivity contribution in [2.24, 2.45) is 0 Å². The minimum Gasteiger partial charge on any atom is -0.497 e. The first-order valence-corrected chi connectivity index (χ1v) is 17.4. The van der Waals surface area contributed by atoms with E-state index in [0.29, 0.717) is 18.0 Å². The third kappa shape index (κ3) is 9.45. The van der Waals surface area contributed by atoms with E-state index >= 15 is 0 Å². The summed E-state index contributed by atoms with van der Waals surface area (Å²) in [4.78, 5) is 30.2. The molecule has 1 N–H and O–H groups in total. The van der Waals surface area contributed by atoms with Crippen molar-refractivity contribution in [3.63, 3.8) is 0 Å². The van der Waals surface area contributed by atoms with Crippen LogP contribution in [0.2, 0.25) is 0 Å². The molecule has 0 aromatic heterocycles. The third-order valence-electron chi connectivity index (χ3n) is 7.97. The van der Waals surface area contributed by atoms with Crippen molar-refractivity contribution in [3.8, 4) is 5.75 Å². The molecule has 0 aliphatic heterocycles. The van der Waals surface area contributed by atoms with Crippen LogP contribution in [0.15, 0.2) is 102 Å². The molecule has 2 amide bonds. The van der Waals surface area contributed by atoms with E-state index in [1.165, 1.54) is 4.90 Å². The number of hydrogen-bond acceptors (Lipinski definition) is 5. The lowest BCUT2D eigenvalue weighted by molar-refractivity contribution is -0.140. The lowest BCUT2D eigenvalue weighted by Crippen LogP contribution is -2.53. The fraction of sp³-hybridized carbons (Fsp3) is 0.316. The number of benzene rings is 4. The van der Waals surface area contributed by atoms with Crippen molar-refractivity contribution in [1.82, 2.24) is 10.2 Å². The van der Waals surface area contributed by atoms with Gasteiger partial charge >= 0.3 is 0 Å². The molecule has 0 heterocycles. The zero-order valence-corrected chi connectivity index (χ0v) is 28.7. The van der Waals surface area contributed by atoms with Gasteiger partial charge < -0.3 is 15.0 Å². The van der Waals surface area contributed by atoms with Crippen molar-refractivity contribution in [3.05, 3.63) is 125 Å². The molecule has 0 saturated carbocycles. The van der Waals surface area contributed by atoms with Gasteiger partial charge in [-0.05, 0) is 85.8 Å². The van der Waals surface area contributed by atoms with E-state index in [-0.39, 0.29) is 23.8 Å². The van der Waals surface area contributed by atoms with Crippen LogP contribution < -0.4 is 14.4 Å². The van der Waals surface area contributed by atoms with Crippen LogP contribution in [0.3, 0.4) is 0 Å². The highest BCUT2D eigenvalue weighted by Crippen LogP contribution is 2.27. The molecule has 248 valence electrons. The number of hydrogen-bond donors (Lipinski definition) is 1. The number of amides is 2. The van der Waals surface area contributed by atoms with Gasteiger partial charge in [-0.3, -0.25) is 13.9 Å². The number of sulfonamides is 1. The quantitative estimate of drug-likeness (QED) is 0.150. The Kier molecular flexibility index (Phi) is 12.2. The molecule has 0 radical (unpaired) electrons. The summed E-state index contributed by atoms with van der Waals surface area (Å²) in [6, 6.07) is 28.0. The van der Waals surface area contributed by atoms with Crippen LogP contribution >= 0.6 is 0 Å². The first kappa shape index (κ1) is 35.2. The number of aryl methyl sites for hydroxylation is 3. The van der Waals surface area contributed by atoms with Crippen molar-refractivity contribution in [1.29, 1.82) is 0 Å². The number of methoxy groups -OCH3 is 1. The first-order chi connectivity index (χ1) is 22.5. The number of nitrogens with zero attached hydrogens (tertiary/aromatic N) is 2. The van der Waals surface area contributed by atoms with Crippen molar-refractivity contribution < 1.29 is 22.7 Å². The van der Waals surface area contributed by atoms with Gasteiger partial charge in [0.15, 0.2) is 0 Å². The van der Waals surface area contributed by atoms with Gasteiger partial charge in [0.05, 0.1) is 17.7 Å². The fourth-order valence-corrected chi connectivity index (χ4v) is 6.89. The zero-order valence-electron chi connectivity index (χ0n) is 27.9. The van der Waals surface area contributed by atoms with E-state index in [0.717, 1.165) is 45.0 Å². The van der Waals surface area contributed by atoms with E-state index in [9.17, 15) is 18.0 Å². The molecule has 0 aliphatic carbocycles. The summed E-state index contributed by atoms with van der Waals surface area (Å²) in [6.45, 7) is 7.74. The Hall–Kier alpha value is -4.63. The van der Waals surface area contributed by atoms with Gasteiger partial charge in [-0.2, -0.15) is 0 Å². The fourth-order valence-electron chi connectivity index (χ4n) is 5.49. The van der Waals surface area contributed by atoms with Gasteiger partial charge in [0.25, 0.3) is 10.0 Å². The van der Waals surface area contributed by atoms with E-state index in [1.807, 2.05) is 88.4 Å². The van der Waals surface area contributed by atoms with Crippen LogP contribution in [0.1, 0.15) is 47.6 Å². The molecule has 9 heteroatoms. The lowest BCUT2D eigenvalue weighted by atomic mass is 10.0. The SMILES string of the molecule is CCCCNC(=O)[C@H](Cc1ccccc1)N(Cc1cccc(OC)c1)C(=O)CN(c1cc(C)cc(C)c1)S(=O)(=O)c1ccc(C)cc1. The van der Waals surface area contributed by atoms with E-state index in [1.54, 1.807) is 43.5 Å². The Bertz CT molecular complexity index is 1740. The zero-order chi connectivity index (χ0) is 34.0. The van der Waals surface area contributed by atoms with Crippen molar-refractivity contribution in [2.45, 2.75) is 64.4 Å². The smallest absolute Gasteiger partial charge is 0.264 e. The number of unbranched alkanes of at least 4 members (excludes halogenated alkanes) is 1. The number of nitrogens with one attached hydrogen (secondary N) is 1. The summed E-state index contributed by atoms with van der Waals surface area (Å²) >= 11 is 0. The highest BCUT2D eigenvalue weighted by Gasteiger charge is 2.34. The topological polar surface area (TPSA) is 96.0 Å². The highest BCUT2D eigenvalue weighted by atomic mass is 32.2. The molecule has 0 spiro atoms. The van der Waals surface area contributed by atoms with Crippen molar-refractivity contribution in [2.75, 3.05) is 24.5 Å². The number of rotatable bonds is 15. The Morgan fingerprint density at radius 2 is 1.47 bits per heavy atom. The Morgan fingerprint density at radius 1 is 0.809 bits per heavy atom. The third-order valence-corrected chi connectivity index (χ3v) is 9.76. The van der Waals surface area contributed by atoms with Crippen LogP contribution in [0.5, 0.6) is 5.75 Å². The van der Waals surface area contributed by atoms with Crippen molar-refractivity contribution >= 4 is 27.5 Å². The van der Waals surface area contributed by atoms with Gasteiger partial charge in [0, 0.05) is 19.5 Å². The number of ether oxygens (including phenoxy) is 1. The van der Waals surface area contributed by atoms with Gasteiger partial charge in [-0.1, -0.05) is 79.6 Å². The normalized spacial score (nSPS) is 11.9. The predicted octanol–water partition coefficient (Wildman–Crippen LogP) is 6.37. The monoisotopic (exact) mass is 655 g/mol. The molecule has 0 saturated heterocycles. The average Bonchev–Trinajstić information content (AvgIpc) is 3.05. The summed E-state index contributed by atoms with van der Waals surface area (Å²) in [6.07, 6.45) is 1.95. The second-order valence-corrected chi connectivity index (χ2v) is 13.8. The maximum Gasteiger partial charge on any atom is 0.264 e. The molecule has 4 aromatic carbocycles. The molecule has 0 unspecified atom stereocenters. The Morgan fingerprint density at radius 3 is 2.11 bits per heavy atom. The minimum atomic E-state index is -4.17. The van der Waals surface area contributed by atoms with E-state index in [2.05, 4.69) is 5.32 Å². The highest BCUT2D eigenvalue weighted by molar-refractivity contribution is 7.92. The molecule has 47 heavy (non-hydrogen) atoms. The molecule has 0 bridgehead atoms. The second-order valence-electron chi connectivity index (χ2n) is 11.9. The van der Waals surface area contributed by atoms with Crippen LogP contribution in [0.25, 0.3) is 0 Å². The van der Waals surface area contributed by atoms with Gasteiger partial charge in [-0.15, -0.1) is 0 Å². The maximum atomic E-state index is 14.7. The summed E-state index contributed by atoms with van der Waals surface area (Å²) in [7, 11) is -2.61. The summed E-state index contributed by atoms with van der Waals surface area (Å²) in [5.74, 6) is -0.187. The predicted molar refractivity (Wildman–Crippen MR) is 187 cm³/mol. The van der Waals surface area contributed by atoms with Crippen LogP contribution in [-0.4, -0.2) is 51.4 Å². The summed E-state index contributed by atoms with van der Waals surface area (Å²) < 4.78 is 35.2. The number of anilines is 1. The molecule has 4 rings (SSSR count). The van der Waals surface area contributed by atoms with Gasteiger partial charge in [-0.25, -0.2) is 8.42 Å². The molecule has 4 aromatic rings. The van der Waals surface area contributed by atoms with Crippen LogP contribution in [0, 0.1) is 20.8 Å². The lowest BCUT2D eigenvalue weighted by Gasteiger charge is -2.34. The summed E-state index contributed by atoms with van der Waals surface area (Å²) in [5.41, 5.74) is 4.65. The first-order valence-electron chi connectivity index (χ1n) is 15.9. The molecular formula is C38H45N3O5S. The standard InChI is InChI=1S/C38H45N3O5S/c1-6-7-20-39-38(43)36(25-31-12-9-8-10-13-31)40(26-32-14-11-15-34(24-32)46-5)37(42)27-41(33-22-29(3)21-30(4)23-33)47(44,45)35-18-16-28(2)17-19-35/h8-19,21-24,36H,6-7,20,25-27H2,1-5H3,(H,39,43)/t36-/m0/s1. The van der Waals surface area contributed by atoms with Crippen LogP contribution in [-0.2, 0) is 32.6 Å². The average molecular weight is 656 g/mol. The molecule has 1 atom stereocenters. The molecular weight excluding hydrogens is 611 g/mol. The van der Waals surface area contributed by atoms with Gasteiger partial charge in [0.2, 0.25) is 11.8 Å². The number of carbonyl (C=O) groups excluding carboxylic acids is 2.